The number of aromatic nitrogens is 2. The number of hydrogen-bond donors (Lipinski definition) is 2. The van der Waals surface area contributed by atoms with E-state index in [1.165, 1.54) is 13.8 Å². The Labute approximate surface area is 135 Å². The molecule has 1 aromatic heterocycles. The molecule has 0 aliphatic carbocycles. The van der Waals surface area contributed by atoms with Gasteiger partial charge in [0.05, 0.1) is 18.1 Å². The Hall–Kier alpha value is -2.09. The first kappa shape index (κ1) is 17.3. The van der Waals surface area contributed by atoms with Crippen molar-refractivity contribution in [2.45, 2.75) is 25.5 Å². The fraction of sp³-hybridized carbons (Fsp3) is 0.467. The summed E-state index contributed by atoms with van der Waals surface area (Å²) in [5.41, 5.74) is 1.67. The van der Waals surface area contributed by atoms with Gasteiger partial charge in [0, 0.05) is 24.8 Å². The predicted molar refractivity (Wildman–Crippen MR) is 88.3 cm³/mol. The zero-order valence-electron chi connectivity index (χ0n) is 13.4. The third kappa shape index (κ3) is 4.01. The van der Waals surface area contributed by atoms with Crippen LogP contribution in [0.2, 0.25) is 0 Å². The molecule has 0 aliphatic heterocycles. The molecule has 2 N–H and O–H groups in total. The fourth-order valence-corrected chi connectivity index (χ4v) is 3.06. The molecular weight excluding hydrogens is 318 g/mol. The summed E-state index contributed by atoms with van der Waals surface area (Å²) in [6, 6.07) is 5.52. The lowest BCUT2D eigenvalue weighted by Crippen LogP contribution is -2.39. The van der Waals surface area contributed by atoms with Crippen LogP contribution in [0.5, 0.6) is 5.75 Å². The molecule has 1 unspecified atom stereocenters. The minimum Gasteiger partial charge on any atom is -0.497 e. The molecule has 0 radical (unpaired) electrons. The highest BCUT2D eigenvalue weighted by Gasteiger charge is 2.25. The Kier molecular flexibility index (Phi) is 5.25. The zero-order chi connectivity index (χ0) is 17.0. The molecule has 0 saturated carbocycles. The van der Waals surface area contributed by atoms with Gasteiger partial charge < -0.3 is 15.0 Å². The summed E-state index contributed by atoms with van der Waals surface area (Å²) >= 11 is 0. The molecule has 7 nitrogen and oxygen atoms in total. The highest BCUT2D eigenvalue weighted by atomic mass is 32.2. The summed E-state index contributed by atoms with van der Waals surface area (Å²) in [5, 5.41) is 1.60. The number of nitrogens with one attached hydrogen (secondary N) is 2. The van der Waals surface area contributed by atoms with Crippen LogP contribution in [0.25, 0.3) is 11.0 Å². The van der Waals surface area contributed by atoms with Gasteiger partial charge in [0.1, 0.15) is 16.8 Å². The van der Waals surface area contributed by atoms with Crippen LogP contribution in [0, 0.1) is 0 Å². The summed E-state index contributed by atoms with van der Waals surface area (Å²) in [4.78, 5) is 19.4. The number of imidazole rings is 1. The first-order valence-electron chi connectivity index (χ1n) is 7.39. The number of sulfone groups is 1. The number of carbonyl (C=O) groups excluding carboxylic acids is 1. The predicted octanol–water partition coefficient (Wildman–Crippen LogP) is 1.05. The Morgan fingerprint density at radius 1 is 1.43 bits per heavy atom. The highest BCUT2D eigenvalue weighted by molar-refractivity contribution is 7.92. The van der Waals surface area contributed by atoms with E-state index in [1.807, 2.05) is 18.2 Å². The van der Waals surface area contributed by atoms with Gasteiger partial charge in [-0.1, -0.05) is 6.92 Å². The molecular formula is C15H21N3O4S. The van der Waals surface area contributed by atoms with Gasteiger partial charge in [0.2, 0.25) is 5.91 Å². The van der Waals surface area contributed by atoms with Crippen molar-refractivity contribution in [2.75, 3.05) is 19.4 Å². The number of aromatic amines is 1. The maximum Gasteiger partial charge on any atom is 0.238 e. The molecule has 2 rings (SSSR count). The molecule has 0 fully saturated rings. The molecule has 0 spiro atoms. The van der Waals surface area contributed by atoms with Gasteiger partial charge in [0.15, 0.2) is 9.84 Å². The number of fused-ring (bicyclic) bond motifs is 1. The number of benzene rings is 1. The molecule has 0 bridgehead atoms. The van der Waals surface area contributed by atoms with Gasteiger partial charge >= 0.3 is 0 Å². The molecule has 1 atom stereocenters. The third-order valence-corrected chi connectivity index (χ3v) is 5.81. The van der Waals surface area contributed by atoms with E-state index in [0.29, 0.717) is 13.0 Å². The van der Waals surface area contributed by atoms with Crippen molar-refractivity contribution in [3.8, 4) is 5.75 Å². The maximum absolute atomic E-state index is 11.9. The zero-order valence-corrected chi connectivity index (χ0v) is 14.2. The number of amides is 1. The van der Waals surface area contributed by atoms with Crippen molar-refractivity contribution < 1.29 is 17.9 Å². The Balaban J connectivity index is 1.95. The van der Waals surface area contributed by atoms with Crippen LogP contribution >= 0.6 is 0 Å². The van der Waals surface area contributed by atoms with E-state index < -0.39 is 21.0 Å². The molecule has 2 aromatic rings. The average Bonchev–Trinajstić information content (AvgIpc) is 2.95. The standard InChI is InChI=1S/C15H21N3O4S/c1-4-23(20,21)10(2)15(19)16-8-7-14-17-12-6-5-11(22-3)9-13(12)18-14/h5-6,9-10H,4,7-8H2,1-3H3,(H,16,19)(H,17,18). The number of carbonyl (C=O) groups is 1. The molecule has 1 heterocycles. The lowest BCUT2D eigenvalue weighted by Gasteiger charge is -2.11. The number of nitrogens with zero attached hydrogens (tertiary/aromatic N) is 1. The molecule has 23 heavy (non-hydrogen) atoms. The molecule has 126 valence electrons. The average molecular weight is 339 g/mol. The molecule has 0 saturated heterocycles. The van der Waals surface area contributed by atoms with Gasteiger partial charge in [-0.25, -0.2) is 13.4 Å². The van der Waals surface area contributed by atoms with E-state index in [4.69, 9.17) is 4.74 Å². The van der Waals surface area contributed by atoms with E-state index in [0.717, 1.165) is 22.6 Å². The number of ether oxygens (including phenoxy) is 1. The summed E-state index contributed by atoms with van der Waals surface area (Å²) in [7, 11) is -1.77. The van der Waals surface area contributed by atoms with Gasteiger partial charge in [-0.15, -0.1) is 0 Å². The van der Waals surface area contributed by atoms with Crippen LogP contribution in [0.1, 0.15) is 19.7 Å². The van der Waals surface area contributed by atoms with Crippen LogP contribution in [0.4, 0.5) is 0 Å². The van der Waals surface area contributed by atoms with E-state index in [-0.39, 0.29) is 5.75 Å². The minimum absolute atomic E-state index is 0.0486. The fourth-order valence-electron chi connectivity index (χ4n) is 2.15. The second kappa shape index (κ2) is 6.99. The number of methoxy groups -OCH3 is 1. The van der Waals surface area contributed by atoms with E-state index in [9.17, 15) is 13.2 Å². The van der Waals surface area contributed by atoms with Crippen LogP contribution in [-0.2, 0) is 21.1 Å². The Morgan fingerprint density at radius 3 is 2.83 bits per heavy atom. The quantitative estimate of drug-likeness (QED) is 0.785. The number of H-pyrrole nitrogens is 1. The topological polar surface area (TPSA) is 101 Å². The largest absolute Gasteiger partial charge is 0.497 e. The number of hydrogen-bond acceptors (Lipinski definition) is 5. The van der Waals surface area contributed by atoms with Gasteiger partial charge in [-0.2, -0.15) is 0 Å². The van der Waals surface area contributed by atoms with Gasteiger partial charge in [-0.05, 0) is 19.1 Å². The first-order chi connectivity index (χ1) is 10.9. The molecule has 8 heteroatoms. The normalized spacial score (nSPS) is 13.0. The van der Waals surface area contributed by atoms with Crippen LogP contribution in [0.15, 0.2) is 18.2 Å². The maximum atomic E-state index is 11.9. The van der Waals surface area contributed by atoms with E-state index in [2.05, 4.69) is 15.3 Å². The molecule has 1 amide bonds. The van der Waals surface area contributed by atoms with Crippen molar-refractivity contribution >= 4 is 26.8 Å². The monoisotopic (exact) mass is 339 g/mol. The summed E-state index contributed by atoms with van der Waals surface area (Å²) in [5.74, 6) is 0.927. The molecule has 0 aliphatic rings. The van der Waals surface area contributed by atoms with Gasteiger partial charge in [0.25, 0.3) is 0 Å². The van der Waals surface area contributed by atoms with Crippen molar-refractivity contribution in [3.63, 3.8) is 0 Å². The van der Waals surface area contributed by atoms with Crippen molar-refractivity contribution in [2.24, 2.45) is 0 Å². The lowest BCUT2D eigenvalue weighted by atomic mass is 10.3. The number of rotatable bonds is 7. The van der Waals surface area contributed by atoms with Crippen LogP contribution in [-0.4, -0.2) is 49.0 Å². The summed E-state index contributed by atoms with van der Waals surface area (Å²) < 4.78 is 28.5. The van der Waals surface area contributed by atoms with Crippen LogP contribution in [0.3, 0.4) is 0 Å². The third-order valence-electron chi connectivity index (χ3n) is 3.71. The van der Waals surface area contributed by atoms with E-state index >= 15 is 0 Å². The molecule has 1 aromatic carbocycles. The van der Waals surface area contributed by atoms with Crippen LogP contribution < -0.4 is 10.1 Å². The lowest BCUT2D eigenvalue weighted by molar-refractivity contribution is -0.120. The second-order valence-electron chi connectivity index (χ2n) is 5.20. The Morgan fingerprint density at radius 2 is 2.17 bits per heavy atom. The second-order valence-corrected chi connectivity index (χ2v) is 7.81. The summed E-state index contributed by atoms with van der Waals surface area (Å²) in [6.45, 7) is 3.25. The smallest absolute Gasteiger partial charge is 0.238 e. The van der Waals surface area contributed by atoms with E-state index in [1.54, 1.807) is 7.11 Å². The van der Waals surface area contributed by atoms with Crippen molar-refractivity contribution in [1.82, 2.24) is 15.3 Å². The Bertz CT molecular complexity index is 798. The van der Waals surface area contributed by atoms with Crippen molar-refractivity contribution in [3.05, 3.63) is 24.0 Å². The minimum atomic E-state index is -3.37. The first-order valence-corrected chi connectivity index (χ1v) is 9.11. The van der Waals surface area contributed by atoms with Gasteiger partial charge in [-0.3, -0.25) is 4.79 Å². The van der Waals surface area contributed by atoms with Crippen molar-refractivity contribution in [1.29, 1.82) is 0 Å². The SMILES string of the molecule is CCS(=O)(=O)C(C)C(=O)NCCc1nc2ccc(OC)cc2[nH]1. The highest BCUT2D eigenvalue weighted by Crippen LogP contribution is 2.18. The summed E-state index contributed by atoms with van der Waals surface area (Å²) in [6.07, 6.45) is 0.488.